The number of alkyl halides is 3. The highest BCUT2D eigenvalue weighted by molar-refractivity contribution is 6.10. The van der Waals surface area contributed by atoms with Crippen LogP contribution in [-0.2, 0) is 6.18 Å². The summed E-state index contributed by atoms with van der Waals surface area (Å²) in [4.78, 5) is 14.4. The van der Waals surface area contributed by atoms with Crippen LogP contribution < -0.4 is 5.32 Å². The van der Waals surface area contributed by atoms with Crippen molar-refractivity contribution in [1.29, 1.82) is 0 Å². The van der Waals surface area contributed by atoms with Gasteiger partial charge in [-0.1, -0.05) is 30.3 Å². The van der Waals surface area contributed by atoms with Gasteiger partial charge in [0.2, 0.25) is 0 Å². The summed E-state index contributed by atoms with van der Waals surface area (Å²) >= 11 is 0. The van der Waals surface area contributed by atoms with Crippen molar-refractivity contribution in [3.8, 4) is 11.1 Å². The molecule has 0 unspecified atom stereocenters. The summed E-state index contributed by atoms with van der Waals surface area (Å²) in [5, 5.41) is 4.16. The number of carbonyl (C=O) groups is 1. The summed E-state index contributed by atoms with van der Waals surface area (Å²) in [6.07, 6.45) is -4.65. The third kappa shape index (κ3) is 4.91. The Morgan fingerprint density at radius 2 is 1.70 bits per heavy atom. The summed E-state index contributed by atoms with van der Waals surface area (Å²) < 4.78 is 53.3. The van der Waals surface area contributed by atoms with Gasteiger partial charge >= 0.3 is 6.18 Å². The Hall–Kier alpha value is -2.64. The molecule has 3 aromatic rings. The van der Waals surface area contributed by atoms with Gasteiger partial charge in [0.15, 0.2) is 0 Å². The van der Waals surface area contributed by atoms with E-state index in [0.29, 0.717) is 41.1 Å². The molecule has 0 aliphatic heterocycles. The Morgan fingerprint density at radius 1 is 1.03 bits per heavy atom. The second kappa shape index (κ2) is 9.45. The molecule has 3 aromatic carbocycles. The van der Waals surface area contributed by atoms with Crippen molar-refractivity contribution in [3.05, 3.63) is 71.5 Å². The summed E-state index contributed by atoms with van der Waals surface area (Å²) in [6, 6.07) is 12.5. The molecular weight excluding hydrogens is 420 g/mol. The Labute approximate surface area is 178 Å². The highest BCUT2D eigenvalue weighted by Crippen LogP contribution is 2.36. The predicted octanol–water partition coefficient (Wildman–Crippen LogP) is 5.38. The molecule has 0 radical (unpaired) electrons. The van der Waals surface area contributed by atoms with Crippen LogP contribution in [0.4, 0.5) is 17.6 Å². The molecule has 0 spiro atoms. The molecule has 3 nitrogen and oxygen atoms in total. The summed E-state index contributed by atoms with van der Waals surface area (Å²) in [5.74, 6) is -1.16. The van der Waals surface area contributed by atoms with Gasteiger partial charge in [0.1, 0.15) is 5.82 Å². The van der Waals surface area contributed by atoms with Gasteiger partial charge in [-0.05, 0) is 53.2 Å². The zero-order valence-corrected chi connectivity index (χ0v) is 17.2. The highest BCUT2D eigenvalue weighted by Gasteiger charge is 2.31. The third-order valence-corrected chi connectivity index (χ3v) is 4.73. The lowest BCUT2D eigenvalue weighted by Crippen LogP contribution is -2.32. The standard InChI is InChI=1S/C22H20F4N2O.ClH/c1-27-9-10-28(2)21(29)20-8-7-17(18-5-3-4-6-19(18)20)14-11-15(22(24,25)26)13-16(23)12-14;/h3-8,11-13,27H,9-10H2,1-2H3;1H. The minimum Gasteiger partial charge on any atom is -0.340 e. The van der Waals surface area contributed by atoms with Crippen LogP contribution in [0, 0.1) is 5.82 Å². The van der Waals surface area contributed by atoms with Gasteiger partial charge in [-0.2, -0.15) is 13.2 Å². The number of hydrogen-bond donors (Lipinski definition) is 1. The quantitative estimate of drug-likeness (QED) is 0.540. The van der Waals surface area contributed by atoms with Crippen LogP contribution in [0.15, 0.2) is 54.6 Å². The van der Waals surface area contributed by atoms with Gasteiger partial charge in [0.05, 0.1) is 5.56 Å². The molecule has 30 heavy (non-hydrogen) atoms. The Morgan fingerprint density at radius 3 is 2.33 bits per heavy atom. The number of nitrogens with one attached hydrogen (secondary N) is 1. The lowest BCUT2D eigenvalue weighted by molar-refractivity contribution is -0.137. The molecule has 0 heterocycles. The number of hydrogen-bond acceptors (Lipinski definition) is 2. The zero-order chi connectivity index (χ0) is 21.2. The van der Waals surface area contributed by atoms with Crippen molar-refractivity contribution in [2.45, 2.75) is 6.18 Å². The molecule has 1 N–H and O–H groups in total. The molecule has 8 heteroatoms. The Bertz CT molecular complexity index is 1050. The second-order valence-corrected chi connectivity index (χ2v) is 6.76. The van der Waals surface area contributed by atoms with Crippen molar-refractivity contribution in [2.24, 2.45) is 0 Å². The smallest absolute Gasteiger partial charge is 0.340 e. The fraction of sp³-hybridized carbons (Fsp3) is 0.227. The zero-order valence-electron chi connectivity index (χ0n) is 16.4. The fourth-order valence-electron chi connectivity index (χ4n) is 3.23. The molecule has 0 saturated heterocycles. The van der Waals surface area contributed by atoms with Crippen LogP contribution in [-0.4, -0.2) is 38.0 Å². The monoisotopic (exact) mass is 440 g/mol. The lowest BCUT2D eigenvalue weighted by Gasteiger charge is -2.19. The first kappa shape index (κ1) is 23.6. The van der Waals surface area contributed by atoms with Crippen molar-refractivity contribution < 1.29 is 22.4 Å². The average molecular weight is 441 g/mol. The molecular formula is C22H21ClF4N2O. The number of likely N-dealkylation sites (N-methyl/N-ethyl adjacent to an activating group) is 2. The van der Waals surface area contributed by atoms with Crippen LogP contribution in [0.1, 0.15) is 15.9 Å². The molecule has 3 rings (SSSR count). The normalized spacial score (nSPS) is 11.3. The Kier molecular flexibility index (Phi) is 7.44. The minimum absolute atomic E-state index is 0. The topological polar surface area (TPSA) is 32.3 Å². The van der Waals surface area contributed by atoms with Gasteiger partial charge in [-0.25, -0.2) is 4.39 Å². The number of benzene rings is 3. The lowest BCUT2D eigenvalue weighted by atomic mass is 9.93. The fourth-order valence-corrected chi connectivity index (χ4v) is 3.23. The number of fused-ring (bicyclic) bond motifs is 1. The first-order chi connectivity index (χ1) is 13.7. The summed E-state index contributed by atoms with van der Waals surface area (Å²) in [5.41, 5.74) is -0.0741. The van der Waals surface area contributed by atoms with Gasteiger partial charge < -0.3 is 10.2 Å². The molecule has 0 saturated carbocycles. The third-order valence-electron chi connectivity index (χ3n) is 4.73. The minimum atomic E-state index is -4.65. The molecule has 0 atom stereocenters. The summed E-state index contributed by atoms with van der Waals surface area (Å²) in [6.45, 7) is 1.13. The second-order valence-electron chi connectivity index (χ2n) is 6.76. The van der Waals surface area contributed by atoms with Crippen molar-refractivity contribution in [2.75, 3.05) is 27.2 Å². The maximum atomic E-state index is 13.9. The molecule has 1 amide bonds. The van der Waals surface area contributed by atoms with Crippen molar-refractivity contribution in [3.63, 3.8) is 0 Å². The van der Waals surface area contributed by atoms with Gasteiger partial charge in [-0.3, -0.25) is 4.79 Å². The van der Waals surface area contributed by atoms with E-state index < -0.39 is 17.6 Å². The maximum Gasteiger partial charge on any atom is 0.416 e. The number of nitrogens with zero attached hydrogens (tertiary/aromatic N) is 1. The van der Waals surface area contributed by atoms with Gasteiger partial charge in [-0.15, -0.1) is 12.4 Å². The number of rotatable bonds is 5. The molecule has 0 aliphatic carbocycles. The highest BCUT2D eigenvalue weighted by atomic mass is 35.5. The SMILES string of the molecule is CNCCN(C)C(=O)c1ccc(-c2cc(F)cc(C(F)(F)F)c2)c2ccccc12.Cl. The van der Waals surface area contributed by atoms with Crippen LogP contribution in [0.5, 0.6) is 0 Å². The molecule has 0 bridgehead atoms. The van der Waals surface area contributed by atoms with E-state index >= 15 is 0 Å². The molecule has 160 valence electrons. The van der Waals surface area contributed by atoms with E-state index in [0.717, 1.165) is 12.1 Å². The number of amides is 1. The number of carbonyl (C=O) groups excluding carboxylic acids is 1. The first-order valence-electron chi connectivity index (χ1n) is 9.02. The van der Waals surface area contributed by atoms with Crippen molar-refractivity contribution in [1.82, 2.24) is 10.2 Å². The van der Waals surface area contributed by atoms with E-state index in [1.165, 1.54) is 0 Å². The van der Waals surface area contributed by atoms with Crippen LogP contribution >= 0.6 is 12.4 Å². The molecule has 0 fully saturated rings. The predicted molar refractivity (Wildman–Crippen MR) is 112 cm³/mol. The maximum absolute atomic E-state index is 13.9. The van der Waals surface area contributed by atoms with Crippen LogP contribution in [0.2, 0.25) is 0 Å². The van der Waals surface area contributed by atoms with Crippen molar-refractivity contribution >= 4 is 29.1 Å². The van der Waals surface area contributed by atoms with E-state index in [2.05, 4.69) is 5.32 Å². The Balaban J connectivity index is 0.00000320. The largest absolute Gasteiger partial charge is 0.416 e. The van der Waals surface area contributed by atoms with Crippen LogP contribution in [0.25, 0.3) is 21.9 Å². The summed E-state index contributed by atoms with van der Waals surface area (Å²) in [7, 11) is 3.47. The molecule has 0 aromatic heterocycles. The van der Waals surface area contributed by atoms with E-state index in [1.54, 1.807) is 55.4 Å². The van der Waals surface area contributed by atoms with Crippen LogP contribution in [0.3, 0.4) is 0 Å². The van der Waals surface area contributed by atoms with E-state index in [4.69, 9.17) is 0 Å². The molecule has 0 aliphatic rings. The average Bonchev–Trinajstić information content (AvgIpc) is 2.69. The van der Waals surface area contributed by atoms with Gasteiger partial charge in [0.25, 0.3) is 5.91 Å². The van der Waals surface area contributed by atoms with Gasteiger partial charge in [0, 0.05) is 25.7 Å². The van der Waals surface area contributed by atoms with E-state index in [-0.39, 0.29) is 23.9 Å². The van der Waals surface area contributed by atoms with E-state index in [9.17, 15) is 22.4 Å². The van der Waals surface area contributed by atoms with E-state index in [1.807, 2.05) is 0 Å². The first-order valence-corrected chi connectivity index (χ1v) is 9.02. The number of halogens is 5.